The fourth-order valence-corrected chi connectivity index (χ4v) is 2.80. The summed E-state index contributed by atoms with van der Waals surface area (Å²) >= 11 is 6.10. The van der Waals surface area contributed by atoms with Crippen LogP contribution in [-0.2, 0) is 0 Å². The molecule has 6 heteroatoms. The molecule has 0 aliphatic carbocycles. The summed E-state index contributed by atoms with van der Waals surface area (Å²) in [5, 5.41) is 7.22. The maximum atomic E-state index is 6.10. The van der Waals surface area contributed by atoms with Crippen LogP contribution in [-0.4, -0.2) is 17.1 Å². The SMILES string of the molecule is COc1ccc(Cl)cc1Nc1cc(C)nc(NC(C)c2ccccc2)n1. The number of benzene rings is 2. The molecule has 2 aromatic carbocycles. The third kappa shape index (κ3) is 4.43. The highest BCUT2D eigenvalue weighted by molar-refractivity contribution is 6.31. The number of rotatable bonds is 6. The maximum Gasteiger partial charge on any atom is 0.225 e. The number of aromatic nitrogens is 2. The molecule has 0 amide bonds. The maximum absolute atomic E-state index is 6.10. The number of ether oxygens (including phenoxy) is 1. The molecule has 0 aliphatic rings. The van der Waals surface area contributed by atoms with Crippen LogP contribution in [0.2, 0.25) is 5.02 Å². The summed E-state index contributed by atoms with van der Waals surface area (Å²) in [6, 6.07) is 17.5. The van der Waals surface area contributed by atoms with Gasteiger partial charge in [-0.3, -0.25) is 0 Å². The number of methoxy groups -OCH3 is 1. The summed E-state index contributed by atoms with van der Waals surface area (Å²) in [5.74, 6) is 1.92. The lowest BCUT2D eigenvalue weighted by molar-refractivity contribution is 0.417. The molecular weight excluding hydrogens is 348 g/mol. The summed E-state index contributed by atoms with van der Waals surface area (Å²) in [4.78, 5) is 9.05. The lowest BCUT2D eigenvalue weighted by atomic mass is 10.1. The van der Waals surface area contributed by atoms with E-state index < -0.39 is 0 Å². The second kappa shape index (κ2) is 8.06. The van der Waals surface area contributed by atoms with Crippen molar-refractivity contribution in [2.45, 2.75) is 19.9 Å². The molecule has 0 fully saturated rings. The minimum Gasteiger partial charge on any atom is -0.495 e. The Kier molecular flexibility index (Phi) is 5.58. The van der Waals surface area contributed by atoms with E-state index in [0.717, 1.165) is 11.4 Å². The van der Waals surface area contributed by atoms with E-state index in [1.54, 1.807) is 19.2 Å². The van der Waals surface area contributed by atoms with E-state index >= 15 is 0 Å². The Bertz CT molecular complexity index is 886. The third-order valence-corrected chi connectivity index (χ3v) is 4.16. The van der Waals surface area contributed by atoms with Gasteiger partial charge in [0.25, 0.3) is 0 Å². The van der Waals surface area contributed by atoms with Gasteiger partial charge in [0.2, 0.25) is 5.95 Å². The fourth-order valence-electron chi connectivity index (χ4n) is 2.63. The number of halogens is 1. The quantitative estimate of drug-likeness (QED) is 0.613. The minimum absolute atomic E-state index is 0.0894. The van der Waals surface area contributed by atoms with Gasteiger partial charge in [-0.25, -0.2) is 4.98 Å². The predicted octanol–water partition coefficient (Wildman–Crippen LogP) is 5.36. The molecule has 2 N–H and O–H groups in total. The molecule has 1 atom stereocenters. The van der Waals surface area contributed by atoms with E-state index in [1.807, 2.05) is 37.3 Å². The summed E-state index contributed by atoms with van der Waals surface area (Å²) in [7, 11) is 1.62. The number of anilines is 3. The highest BCUT2D eigenvalue weighted by Crippen LogP contribution is 2.30. The molecule has 1 aromatic heterocycles. The van der Waals surface area contributed by atoms with Gasteiger partial charge in [-0.15, -0.1) is 0 Å². The molecule has 1 unspecified atom stereocenters. The van der Waals surface area contributed by atoms with Crippen LogP contribution in [0.15, 0.2) is 54.6 Å². The van der Waals surface area contributed by atoms with Gasteiger partial charge >= 0.3 is 0 Å². The van der Waals surface area contributed by atoms with Crippen molar-refractivity contribution in [2.75, 3.05) is 17.7 Å². The zero-order valence-electron chi connectivity index (χ0n) is 15.0. The minimum atomic E-state index is 0.0894. The number of nitrogens with zero attached hydrogens (tertiary/aromatic N) is 2. The van der Waals surface area contributed by atoms with Gasteiger partial charge in [-0.05, 0) is 37.6 Å². The van der Waals surface area contributed by atoms with Crippen molar-refractivity contribution in [3.05, 3.63) is 70.9 Å². The Labute approximate surface area is 158 Å². The zero-order valence-corrected chi connectivity index (χ0v) is 15.7. The standard InChI is InChI=1S/C20H21ClN4O/c1-13-11-19(24-17-12-16(21)9-10-18(17)26-3)25-20(22-13)23-14(2)15-7-5-4-6-8-15/h4-12,14H,1-3H3,(H2,22,23,24,25). The Morgan fingerprint density at radius 1 is 1.04 bits per heavy atom. The van der Waals surface area contributed by atoms with Gasteiger partial charge in [0.1, 0.15) is 11.6 Å². The molecule has 0 aliphatic heterocycles. The first kappa shape index (κ1) is 18.0. The van der Waals surface area contributed by atoms with Crippen LogP contribution in [0.4, 0.5) is 17.5 Å². The molecule has 26 heavy (non-hydrogen) atoms. The number of nitrogens with one attached hydrogen (secondary N) is 2. The number of aryl methyl sites for hydroxylation is 1. The topological polar surface area (TPSA) is 59.1 Å². The molecule has 5 nitrogen and oxygen atoms in total. The second-order valence-corrected chi connectivity index (χ2v) is 6.40. The summed E-state index contributed by atoms with van der Waals surface area (Å²) in [5.41, 5.74) is 2.77. The average Bonchev–Trinajstić information content (AvgIpc) is 2.62. The van der Waals surface area contributed by atoms with E-state index in [0.29, 0.717) is 22.5 Å². The molecule has 0 saturated heterocycles. The average molecular weight is 369 g/mol. The second-order valence-electron chi connectivity index (χ2n) is 5.96. The monoisotopic (exact) mass is 368 g/mol. The fraction of sp³-hybridized carbons (Fsp3) is 0.200. The molecule has 0 spiro atoms. The van der Waals surface area contributed by atoms with Crippen molar-refractivity contribution in [1.29, 1.82) is 0 Å². The van der Waals surface area contributed by atoms with Gasteiger partial charge in [0, 0.05) is 16.8 Å². The molecule has 0 bridgehead atoms. The molecular formula is C20H21ClN4O. The summed E-state index contributed by atoms with van der Waals surface area (Å²) < 4.78 is 5.38. The first-order chi connectivity index (χ1) is 12.5. The molecule has 0 radical (unpaired) electrons. The predicted molar refractivity (Wildman–Crippen MR) is 107 cm³/mol. The zero-order chi connectivity index (χ0) is 18.5. The largest absolute Gasteiger partial charge is 0.495 e. The van der Waals surface area contributed by atoms with E-state index in [-0.39, 0.29) is 6.04 Å². The van der Waals surface area contributed by atoms with Crippen LogP contribution in [0, 0.1) is 6.92 Å². The lowest BCUT2D eigenvalue weighted by Gasteiger charge is -2.16. The summed E-state index contributed by atoms with van der Waals surface area (Å²) in [6.07, 6.45) is 0. The number of hydrogen-bond donors (Lipinski definition) is 2. The molecule has 0 saturated carbocycles. The molecule has 134 valence electrons. The normalized spacial score (nSPS) is 11.7. The van der Waals surface area contributed by atoms with Crippen LogP contribution in [0.25, 0.3) is 0 Å². The molecule has 3 rings (SSSR count). The van der Waals surface area contributed by atoms with Crippen LogP contribution in [0.1, 0.15) is 24.2 Å². The Morgan fingerprint density at radius 3 is 2.54 bits per heavy atom. The van der Waals surface area contributed by atoms with Crippen LogP contribution < -0.4 is 15.4 Å². The van der Waals surface area contributed by atoms with Gasteiger partial charge in [0.15, 0.2) is 0 Å². The van der Waals surface area contributed by atoms with E-state index in [1.165, 1.54) is 5.56 Å². The Balaban J connectivity index is 1.83. The van der Waals surface area contributed by atoms with Gasteiger partial charge in [0.05, 0.1) is 18.8 Å². The Hall–Kier alpha value is -2.79. The first-order valence-corrected chi connectivity index (χ1v) is 8.70. The lowest BCUT2D eigenvalue weighted by Crippen LogP contribution is -2.11. The Morgan fingerprint density at radius 2 is 1.81 bits per heavy atom. The van der Waals surface area contributed by atoms with Crippen molar-refractivity contribution in [2.24, 2.45) is 0 Å². The molecule has 3 aromatic rings. The van der Waals surface area contributed by atoms with E-state index in [4.69, 9.17) is 16.3 Å². The first-order valence-electron chi connectivity index (χ1n) is 8.33. The third-order valence-electron chi connectivity index (χ3n) is 3.92. The highest BCUT2D eigenvalue weighted by Gasteiger charge is 2.10. The van der Waals surface area contributed by atoms with Gasteiger partial charge < -0.3 is 15.4 Å². The van der Waals surface area contributed by atoms with Crippen LogP contribution in [0.3, 0.4) is 0 Å². The van der Waals surface area contributed by atoms with Crippen LogP contribution in [0.5, 0.6) is 5.75 Å². The van der Waals surface area contributed by atoms with Gasteiger partial charge in [-0.2, -0.15) is 4.98 Å². The summed E-state index contributed by atoms with van der Waals surface area (Å²) in [6.45, 7) is 4.01. The smallest absolute Gasteiger partial charge is 0.225 e. The van der Waals surface area contributed by atoms with Gasteiger partial charge in [-0.1, -0.05) is 41.9 Å². The van der Waals surface area contributed by atoms with Crippen molar-refractivity contribution >= 4 is 29.1 Å². The van der Waals surface area contributed by atoms with Crippen molar-refractivity contribution in [1.82, 2.24) is 9.97 Å². The van der Waals surface area contributed by atoms with Crippen molar-refractivity contribution < 1.29 is 4.74 Å². The van der Waals surface area contributed by atoms with Crippen molar-refractivity contribution in [3.63, 3.8) is 0 Å². The van der Waals surface area contributed by atoms with E-state index in [9.17, 15) is 0 Å². The molecule has 1 heterocycles. The van der Waals surface area contributed by atoms with E-state index in [2.05, 4.69) is 39.7 Å². The van der Waals surface area contributed by atoms with Crippen molar-refractivity contribution in [3.8, 4) is 5.75 Å². The van der Waals surface area contributed by atoms with Crippen LogP contribution >= 0.6 is 11.6 Å². The number of hydrogen-bond acceptors (Lipinski definition) is 5. The highest BCUT2D eigenvalue weighted by atomic mass is 35.5.